The van der Waals surface area contributed by atoms with Crippen molar-refractivity contribution in [2.75, 3.05) is 0 Å². The number of rotatable bonds is 2. The minimum atomic E-state index is -1.48. The summed E-state index contributed by atoms with van der Waals surface area (Å²) in [6.45, 7) is 0. The van der Waals surface area contributed by atoms with Gasteiger partial charge in [-0.25, -0.2) is 4.79 Å². The minimum absolute atomic E-state index is 0. The molecule has 1 rings (SSSR count). The van der Waals surface area contributed by atoms with Gasteiger partial charge in [0.25, 0.3) is 0 Å². The van der Waals surface area contributed by atoms with Crippen LogP contribution in [-0.2, 0) is 11.8 Å². The Morgan fingerprint density at radius 1 is 1.75 bits per heavy atom. The number of aryl methyl sites for hydroxylation is 1. The molecule has 0 radical (unpaired) electrons. The number of halogens is 1. The van der Waals surface area contributed by atoms with Crippen molar-refractivity contribution in [3.05, 3.63) is 18.0 Å². The molecule has 1 aromatic heterocycles. The second kappa shape index (κ2) is 4.08. The van der Waals surface area contributed by atoms with Crippen LogP contribution < -0.4 is 0 Å². The highest BCUT2D eigenvalue weighted by Gasteiger charge is 2.18. The SMILES string of the molecule is Cl.Cn1nccc1C(O)C(=O)O. The van der Waals surface area contributed by atoms with Crippen molar-refractivity contribution in [3.8, 4) is 0 Å². The number of aliphatic carboxylic acids is 1. The second-order valence-electron chi connectivity index (χ2n) is 2.12. The molecule has 0 aliphatic heterocycles. The summed E-state index contributed by atoms with van der Waals surface area (Å²) in [5.41, 5.74) is 0.275. The fraction of sp³-hybridized carbons (Fsp3) is 0.333. The smallest absolute Gasteiger partial charge is 0.338 e. The molecule has 0 aliphatic rings. The molecule has 0 fully saturated rings. The van der Waals surface area contributed by atoms with Crippen LogP contribution in [0.3, 0.4) is 0 Å². The monoisotopic (exact) mass is 192 g/mol. The van der Waals surface area contributed by atoms with Gasteiger partial charge in [-0.15, -0.1) is 12.4 Å². The highest BCUT2D eigenvalue weighted by atomic mass is 35.5. The summed E-state index contributed by atoms with van der Waals surface area (Å²) in [4.78, 5) is 10.3. The van der Waals surface area contributed by atoms with E-state index >= 15 is 0 Å². The van der Waals surface area contributed by atoms with E-state index in [1.54, 1.807) is 7.05 Å². The summed E-state index contributed by atoms with van der Waals surface area (Å²) in [5.74, 6) is -1.27. The first-order valence-electron chi connectivity index (χ1n) is 3.01. The average Bonchev–Trinajstić information content (AvgIpc) is 2.33. The topological polar surface area (TPSA) is 75.3 Å². The molecule has 0 amide bonds. The zero-order valence-electron chi connectivity index (χ0n) is 6.34. The third-order valence-electron chi connectivity index (χ3n) is 1.37. The van der Waals surface area contributed by atoms with E-state index in [-0.39, 0.29) is 18.1 Å². The zero-order valence-corrected chi connectivity index (χ0v) is 7.15. The number of carboxylic acids is 1. The van der Waals surface area contributed by atoms with Crippen LogP contribution in [0.5, 0.6) is 0 Å². The van der Waals surface area contributed by atoms with Crippen molar-refractivity contribution in [3.63, 3.8) is 0 Å². The summed E-state index contributed by atoms with van der Waals surface area (Å²) in [6, 6.07) is 1.46. The third kappa shape index (κ3) is 1.96. The maximum Gasteiger partial charge on any atom is 0.338 e. The highest BCUT2D eigenvalue weighted by Crippen LogP contribution is 2.09. The van der Waals surface area contributed by atoms with Crippen molar-refractivity contribution >= 4 is 18.4 Å². The van der Waals surface area contributed by atoms with Gasteiger partial charge in [-0.1, -0.05) is 0 Å². The number of carbonyl (C=O) groups is 1. The van der Waals surface area contributed by atoms with Crippen LogP contribution in [0.25, 0.3) is 0 Å². The first-order chi connectivity index (χ1) is 5.13. The van der Waals surface area contributed by atoms with Crippen LogP contribution in [-0.4, -0.2) is 26.0 Å². The molecule has 1 unspecified atom stereocenters. The number of aliphatic hydroxyl groups is 1. The van der Waals surface area contributed by atoms with E-state index < -0.39 is 12.1 Å². The first-order valence-corrected chi connectivity index (χ1v) is 3.01. The Labute approximate surface area is 75.0 Å². The van der Waals surface area contributed by atoms with Gasteiger partial charge in [-0.05, 0) is 6.07 Å². The van der Waals surface area contributed by atoms with E-state index in [0.29, 0.717) is 0 Å². The molecule has 1 atom stereocenters. The van der Waals surface area contributed by atoms with E-state index in [1.807, 2.05) is 0 Å². The lowest BCUT2D eigenvalue weighted by molar-refractivity contribution is -0.147. The normalized spacial score (nSPS) is 11.8. The van der Waals surface area contributed by atoms with Crippen LogP contribution in [0.1, 0.15) is 11.8 Å². The summed E-state index contributed by atoms with van der Waals surface area (Å²) in [6.07, 6.45) is -0.0518. The molecule has 6 heteroatoms. The van der Waals surface area contributed by atoms with Crippen molar-refractivity contribution in [2.45, 2.75) is 6.10 Å². The summed E-state index contributed by atoms with van der Waals surface area (Å²) in [5, 5.41) is 21.1. The zero-order chi connectivity index (χ0) is 8.43. The van der Waals surface area contributed by atoms with Crippen LogP contribution in [0.15, 0.2) is 12.3 Å². The lowest BCUT2D eigenvalue weighted by atomic mass is 10.2. The fourth-order valence-corrected chi connectivity index (χ4v) is 0.779. The number of carboxylic acid groups (broad SMARTS) is 1. The number of hydrogen-bond acceptors (Lipinski definition) is 3. The standard InChI is InChI=1S/C6H8N2O3.ClH/c1-8-4(2-3-7-8)5(9)6(10)11;/h2-3,5,9H,1H3,(H,10,11);1H. The lowest BCUT2D eigenvalue weighted by Crippen LogP contribution is -2.14. The number of aliphatic hydroxyl groups excluding tert-OH is 1. The van der Waals surface area contributed by atoms with Crippen LogP contribution in [0, 0.1) is 0 Å². The molecule has 0 saturated heterocycles. The van der Waals surface area contributed by atoms with Crippen molar-refractivity contribution in [1.29, 1.82) is 0 Å². The quantitative estimate of drug-likeness (QED) is 0.690. The number of hydrogen-bond donors (Lipinski definition) is 2. The fourth-order valence-electron chi connectivity index (χ4n) is 0.779. The van der Waals surface area contributed by atoms with Gasteiger partial charge in [0, 0.05) is 13.2 Å². The van der Waals surface area contributed by atoms with Crippen molar-refractivity contribution in [1.82, 2.24) is 9.78 Å². The van der Waals surface area contributed by atoms with E-state index in [4.69, 9.17) is 10.2 Å². The van der Waals surface area contributed by atoms with E-state index in [9.17, 15) is 4.79 Å². The van der Waals surface area contributed by atoms with Crippen LogP contribution >= 0.6 is 12.4 Å². The molecule has 0 aliphatic carbocycles. The molecule has 5 nitrogen and oxygen atoms in total. The van der Waals surface area contributed by atoms with Gasteiger partial charge in [0.05, 0.1) is 5.69 Å². The maximum atomic E-state index is 10.3. The molecule has 68 valence electrons. The van der Waals surface area contributed by atoms with Gasteiger partial charge >= 0.3 is 5.97 Å². The first kappa shape index (κ1) is 10.9. The van der Waals surface area contributed by atoms with Gasteiger partial charge in [-0.3, -0.25) is 4.68 Å². The van der Waals surface area contributed by atoms with E-state index in [1.165, 1.54) is 16.9 Å². The minimum Gasteiger partial charge on any atom is -0.479 e. The molecule has 2 N–H and O–H groups in total. The van der Waals surface area contributed by atoms with Crippen LogP contribution in [0.4, 0.5) is 0 Å². The molecule has 1 aromatic rings. The summed E-state index contributed by atoms with van der Waals surface area (Å²) >= 11 is 0. The summed E-state index contributed by atoms with van der Waals surface area (Å²) in [7, 11) is 1.57. The van der Waals surface area contributed by atoms with Crippen LogP contribution in [0.2, 0.25) is 0 Å². The maximum absolute atomic E-state index is 10.3. The molecule has 0 spiro atoms. The predicted octanol–water partition coefficient (Wildman–Crippen LogP) is -0.0401. The Morgan fingerprint density at radius 2 is 2.33 bits per heavy atom. The third-order valence-corrected chi connectivity index (χ3v) is 1.37. The molecule has 0 saturated carbocycles. The Morgan fingerprint density at radius 3 is 2.67 bits per heavy atom. The predicted molar refractivity (Wildman–Crippen MR) is 43.1 cm³/mol. The lowest BCUT2D eigenvalue weighted by Gasteiger charge is -2.04. The number of aromatic nitrogens is 2. The Kier molecular flexibility index (Phi) is 3.72. The van der Waals surface area contributed by atoms with Gasteiger partial charge in [0.2, 0.25) is 0 Å². The Bertz CT molecular complexity index is 274. The van der Waals surface area contributed by atoms with Crippen molar-refractivity contribution in [2.24, 2.45) is 7.05 Å². The van der Waals surface area contributed by atoms with Gasteiger partial charge in [-0.2, -0.15) is 5.10 Å². The molecule has 0 bridgehead atoms. The molecule has 12 heavy (non-hydrogen) atoms. The summed E-state index contributed by atoms with van der Waals surface area (Å²) < 4.78 is 1.32. The van der Waals surface area contributed by atoms with Crippen molar-refractivity contribution < 1.29 is 15.0 Å². The largest absolute Gasteiger partial charge is 0.479 e. The Balaban J connectivity index is 0.00000121. The molecule has 1 heterocycles. The van der Waals surface area contributed by atoms with Gasteiger partial charge in [0.1, 0.15) is 0 Å². The van der Waals surface area contributed by atoms with E-state index in [2.05, 4.69) is 5.10 Å². The molecular weight excluding hydrogens is 184 g/mol. The van der Waals surface area contributed by atoms with Gasteiger partial charge in [0.15, 0.2) is 6.10 Å². The highest BCUT2D eigenvalue weighted by molar-refractivity contribution is 5.85. The molecule has 0 aromatic carbocycles. The number of nitrogens with zero attached hydrogens (tertiary/aromatic N) is 2. The van der Waals surface area contributed by atoms with E-state index in [0.717, 1.165) is 0 Å². The van der Waals surface area contributed by atoms with Gasteiger partial charge < -0.3 is 10.2 Å². The second-order valence-corrected chi connectivity index (χ2v) is 2.12. The average molecular weight is 193 g/mol. The Hall–Kier alpha value is -1.07. The molecular formula is C6H9ClN2O3.